The minimum absolute atomic E-state index is 0.130. The molecule has 4 atom stereocenters. The number of unbranched alkanes of at least 4 members (excludes halogenated alkanes) is 2. The van der Waals surface area contributed by atoms with Crippen LogP contribution in [0.25, 0.3) is 0 Å². The third-order valence-electron chi connectivity index (χ3n) is 4.79. The molecule has 0 aromatic rings. The van der Waals surface area contributed by atoms with Gasteiger partial charge in [-0.3, -0.25) is 4.79 Å². The van der Waals surface area contributed by atoms with E-state index in [1.165, 1.54) is 6.08 Å². The monoisotopic (exact) mass is 419 g/mol. The van der Waals surface area contributed by atoms with Gasteiger partial charge in [0.2, 0.25) is 0 Å². The third-order valence-corrected chi connectivity index (χ3v) is 5.67. The van der Waals surface area contributed by atoms with Crippen LogP contribution >= 0.6 is 11.8 Å². The molecule has 6 nitrogen and oxygen atoms in total. The minimum Gasteiger partial charge on any atom is -0.459 e. The number of carbonyl (C=O) groups is 2. The Bertz CT molecular complexity index is 729. The maximum absolute atomic E-state index is 12.2. The zero-order chi connectivity index (χ0) is 21.1. The van der Waals surface area contributed by atoms with Gasteiger partial charge in [-0.15, -0.1) is 23.7 Å². The highest BCUT2D eigenvalue weighted by Gasteiger charge is 2.49. The van der Waals surface area contributed by atoms with Crippen molar-refractivity contribution < 1.29 is 24.2 Å². The van der Waals surface area contributed by atoms with Gasteiger partial charge >= 0.3 is 5.97 Å². The summed E-state index contributed by atoms with van der Waals surface area (Å²) in [5.74, 6) is 10.0. The van der Waals surface area contributed by atoms with Crippen molar-refractivity contribution in [3.8, 4) is 23.7 Å². The fourth-order valence-corrected chi connectivity index (χ4v) is 4.30. The van der Waals surface area contributed by atoms with Crippen LogP contribution < -0.4 is 5.32 Å². The standard InChI is InChI=1S/C22H29NO5S/c1-3-5-7-9-11-13-20(24)27-18-14-17(12-10-8-6-4-2)28-22(26,15-18)19-16-29-21(25)23-19/h11,13,17-19,26H,7-10,12,14-16H2,1-2H3,(H,23,25)/b13-11-/t17-,18-,19+,22-/m1/s1. The van der Waals surface area contributed by atoms with E-state index >= 15 is 0 Å². The quantitative estimate of drug-likeness (QED) is 0.272. The molecule has 2 heterocycles. The number of thioether (sulfide) groups is 1. The van der Waals surface area contributed by atoms with Gasteiger partial charge in [0.15, 0.2) is 5.79 Å². The van der Waals surface area contributed by atoms with Gasteiger partial charge in [-0.25, -0.2) is 4.79 Å². The Morgan fingerprint density at radius 1 is 1.38 bits per heavy atom. The topological polar surface area (TPSA) is 84.9 Å². The first-order chi connectivity index (χ1) is 14.0. The van der Waals surface area contributed by atoms with Gasteiger partial charge in [0, 0.05) is 37.5 Å². The smallest absolute Gasteiger partial charge is 0.330 e. The number of hydrogen-bond acceptors (Lipinski definition) is 6. The molecule has 0 spiro atoms. The lowest BCUT2D eigenvalue weighted by atomic mass is 9.91. The second-order valence-corrected chi connectivity index (χ2v) is 8.06. The van der Waals surface area contributed by atoms with Crippen molar-refractivity contribution >= 4 is 23.0 Å². The summed E-state index contributed by atoms with van der Waals surface area (Å²) in [4.78, 5) is 23.8. The van der Waals surface area contributed by atoms with E-state index in [1.54, 1.807) is 19.9 Å². The molecule has 2 fully saturated rings. The maximum Gasteiger partial charge on any atom is 0.330 e. The van der Waals surface area contributed by atoms with Crippen molar-refractivity contribution in [1.82, 2.24) is 5.32 Å². The Kier molecular flexibility index (Phi) is 9.60. The summed E-state index contributed by atoms with van der Waals surface area (Å²) in [6.45, 7) is 3.58. The molecule has 2 aliphatic heterocycles. The van der Waals surface area contributed by atoms with E-state index in [1.807, 2.05) is 0 Å². The molecule has 0 bridgehead atoms. The molecule has 2 saturated heterocycles. The fourth-order valence-electron chi connectivity index (χ4n) is 3.41. The molecule has 0 unspecified atom stereocenters. The van der Waals surface area contributed by atoms with Gasteiger partial charge in [-0.05, 0) is 33.1 Å². The van der Waals surface area contributed by atoms with E-state index in [4.69, 9.17) is 9.47 Å². The average molecular weight is 420 g/mol. The van der Waals surface area contributed by atoms with Crippen LogP contribution in [0.4, 0.5) is 4.79 Å². The molecule has 2 aliphatic rings. The van der Waals surface area contributed by atoms with Crippen LogP contribution in [0.5, 0.6) is 0 Å². The zero-order valence-corrected chi connectivity index (χ0v) is 17.8. The number of nitrogens with one attached hydrogen (secondary N) is 1. The SMILES string of the molecule is CC#CCC/C=C\C(=O)O[C@@H]1C[C@@H](CCCC#CC)O[C@@](O)([C@@H]2CSC(=O)N2)C1. The van der Waals surface area contributed by atoms with Crippen LogP contribution in [0.15, 0.2) is 12.2 Å². The normalized spacial score (nSPS) is 28.8. The summed E-state index contributed by atoms with van der Waals surface area (Å²) in [7, 11) is 0. The van der Waals surface area contributed by atoms with Crippen molar-refractivity contribution in [1.29, 1.82) is 0 Å². The number of hydrogen-bond donors (Lipinski definition) is 2. The Hall–Kier alpha value is -1.93. The summed E-state index contributed by atoms with van der Waals surface area (Å²) >= 11 is 1.12. The minimum atomic E-state index is -1.55. The summed E-state index contributed by atoms with van der Waals surface area (Å²) in [5.41, 5.74) is 0. The highest BCUT2D eigenvalue weighted by molar-refractivity contribution is 8.14. The van der Waals surface area contributed by atoms with E-state index in [9.17, 15) is 14.7 Å². The van der Waals surface area contributed by atoms with E-state index in [2.05, 4.69) is 29.0 Å². The van der Waals surface area contributed by atoms with Crippen LogP contribution in [0, 0.1) is 23.7 Å². The summed E-state index contributed by atoms with van der Waals surface area (Å²) in [5, 5.41) is 13.7. The molecule has 2 N–H and O–H groups in total. The number of amides is 1. The third kappa shape index (κ3) is 7.78. The molecule has 29 heavy (non-hydrogen) atoms. The van der Waals surface area contributed by atoms with E-state index in [0.717, 1.165) is 24.6 Å². The molecule has 0 aliphatic carbocycles. The first kappa shape index (κ1) is 23.3. The zero-order valence-electron chi connectivity index (χ0n) is 17.0. The molecule has 0 saturated carbocycles. The number of esters is 1. The molecule has 7 heteroatoms. The molecule has 2 rings (SSSR count). The predicted molar refractivity (Wildman–Crippen MR) is 113 cm³/mol. The predicted octanol–water partition coefficient (Wildman–Crippen LogP) is 3.14. The van der Waals surface area contributed by atoms with Gasteiger partial charge < -0.3 is 19.9 Å². The number of ether oxygens (including phenoxy) is 2. The summed E-state index contributed by atoms with van der Waals surface area (Å²) in [6, 6.07) is -0.525. The Labute approximate surface area is 177 Å². The molecule has 0 aromatic heterocycles. The van der Waals surface area contributed by atoms with Crippen LogP contribution in [0.2, 0.25) is 0 Å². The molecular weight excluding hydrogens is 390 g/mol. The van der Waals surface area contributed by atoms with Gasteiger partial charge in [0.05, 0.1) is 12.1 Å². The second kappa shape index (κ2) is 11.9. The highest BCUT2D eigenvalue weighted by Crippen LogP contribution is 2.36. The highest BCUT2D eigenvalue weighted by atomic mass is 32.2. The Balaban J connectivity index is 1.98. The molecule has 158 valence electrons. The van der Waals surface area contributed by atoms with Gasteiger partial charge in [0.1, 0.15) is 6.10 Å². The van der Waals surface area contributed by atoms with E-state index < -0.39 is 23.9 Å². The lowest BCUT2D eigenvalue weighted by Gasteiger charge is -2.43. The number of allylic oxidation sites excluding steroid dienone is 1. The molecule has 0 aromatic carbocycles. The van der Waals surface area contributed by atoms with Crippen molar-refractivity contribution in [2.24, 2.45) is 0 Å². The van der Waals surface area contributed by atoms with Crippen LogP contribution in [-0.2, 0) is 14.3 Å². The number of carbonyl (C=O) groups excluding carboxylic acids is 2. The fraction of sp³-hybridized carbons (Fsp3) is 0.636. The number of rotatable bonds is 8. The first-order valence-corrected chi connectivity index (χ1v) is 10.9. The van der Waals surface area contributed by atoms with E-state index in [-0.39, 0.29) is 17.8 Å². The van der Waals surface area contributed by atoms with E-state index in [0.29, 0.717) is 31.4 Å². The first-order valence-electron chi connectivity index (χ1n) is 9.96. The summed E-state index contributed by atoms with van der Waals surface area (Å²) < 4.78 is 11.6. The van der Waals surface area contributed by atoms with Crippen LogP contribution in [-0.4, -0.2) is 46.1 Å². The maximum atomic E-state index is 12.2. The van der Waals surface area contributed by atoms with Crippen LogP contribution in [0.1, 0.15) is 58.8 Å². The van der Waals surface area contributed by atoms with Crippen molar-refractivity contribution in [2.45, 2.75) is 82.8 Å². The molecular formula is C22H29NO5S. The Morgan fingerprint density at radius 2 is 2.14 bits per heavy atom. The van der Waals surface area contributed by atoms with Gasteiger partial charge in [0.25, 0.3) is 5.24 Å². The van der Waals surface area contributed by atoms with Crippen molar-refractivity contribution in [3.63, 3.8) is 0 Å². The van der Waals surface area contributed by atoms with Crippen molar-refractivity contribution in [3.05, 3.63) is 12.2 Å². The lowest BCUT2D eigenvalue weighted by Crippen LogP contribution is -2.58. The van der Waals surface area contributed by atoms with Crippen molar-refractivity contribution in [2.75, 3.05) is 5.75 Å². The van der Waals surface area contributed by atoms with Gasteiger partial charge in [-0.2, -0.15) is 0 Å². The lowest BCUT2D eigenvalue weighted by molar-refractivity contribution is -0.283. The Morgan fingerprint density at radius 3 is 2.83 bits per heavy atom. The summed E-state index contributed by atoms with van der Waals surface area (Å²) in [6.07, 6.45) is 6.69. The molecule has 0 radical (unpaired) electrons. The second-order valence-electron chi connectivity index (χ2n) is 7.07. The van der Waals surface area contributed by atoms with Gasteiger partial charge in [-0.1, -0.05) is 17.8 Å². The molecule has 1 amide bonds. The number of aliphatic hydroxyl groups is 1. The average Bonchev–Trinajstić information content (AvgIpc) is 3.12. The van der Waals surface area contributed by atoms with Crippen LogP contribution in [0.3, 0.4) is 0 Å². The largest absolute Gasteiger partial charge is 0.459 e.